The van der Waals surface area contributed by atoms with E-state index in [1.807, 2.05) is 6.20 Å². The quantitative estimate of drug-likeness (QED) is 0.910. The van der Waals surface area contributed by atoms with Crippen molar-refractivity contribution in [1.29, 1.82) is 0 Å². The molecule has 0 saturated carbocycles. The Morgan fingerprint density at radius 2 is 2.12 bits per heavy atom. The van der Waals surface area contributed by atoms with Gasteiger partial charge in [0.1, 0.15) is 5.82 Å². The van der Waals surface area contributed by atoms with Crippen LogP contribution in [0.4, 0.5) is 0 Å². The number of aromatic nitrogens is 2. The Labute approximate surface area is 142 Å². The van der Waals surface area contributed by atoms with Crippen molar-refractivity contribution in [2.45, 2.75) is 58.9 Å². The molecule has 5 heteroatoms. The molecule has 0 spiro atoms. The number of carbonyl (C=O) groups is 1. The van der Waals surface area contributed by atoms with Crippen molar-refractivity contribution in [2.75, 3.05) is 0 Å². The summed E-state index contributed by atoms with van der Waals surface area (Å²) in [5.74, 6) is 0.968. The lowest BCUT2D eigenvalue weighted by Crippen LogP contribution is -2.37. The lowest BCUT2D eigenvalue weighted by atomic mass is 9.74. The van der Waals surface area contributed by atoms with Crippen molar-refractivity contribution in [1.82, 2.24) is 15.3 Å². The van der Waals surface area contributed by atoms with Gasteiger partial charge in [0.25, 0.3) is 5.91 Å². The Morgan fingerprint density at radius 3 is 2.75 bits per heavy atom. The number of nitrogens with one attached hydrogen (secondary N) is 1. The van der Waals surface area contributed by atoms with Crippen LogP contribution in [0, 0.1) is 5.41 Å². The van der Waals surface area contributed by atoms with Gasteiger partial charge in [-0.05, 0) is 30.4 Å². The van der Waals surface area contributed by atoms with E-state index in [1.165, 1.54) is 6.26 Å². The van der Waals surface area contributed by atoms with Gasteiger partial charge in [-0.25, -0.2) is 9.97 Å². The molecule has 0 fully saturated rings. The first-order chi connectivity index (χ1) is 11.2. The highest BCUT2D eigenvalue weighted by Gasteiger charge is 2.35. The van der Waals surface area contributed by atoms with Crippen molar-refractivity contribution in [3.05, 3.63) is 47.4 Å². The Kier molecular flexibility index (Phi) is 3.98. The predicted octanol–water partition coefficient (Wildman–Crippen LogP) is 3.81. The molecule has 0 saturated heterocycles. The summed E-state index contributed by atoms with van der Waals surface area (Å²) in [6.45, 7) is 10.7. The fourth-order valence-electron chi connectivity index (χ4n) is 3.17. The molecule has 1 amide bonds. The SMILES string of the molecule is CC1(C)Cc2nc(C(C)(C)C)ncc2[C@@H](NC(=O)c2ccco2)C1. The molecule has 5 nitrogen and oxygen atoms in total. The second-order valence-electron chi connectivity index (χ2n) is 8.39. The van der Waals surface area contributed by atoms with Crippen LogP contribution in [-0.2, 0) is 11.8 Å². The zero-order valence-electron chi connectivity index (χ0n) is 15.0. The molecule has 1 atom stereocenters. The van der Waals surface area contributed by atoms with Crippen molar-refractivity contribution in [3.8, 4) is 0 Å². The second-order valence-corrected chi connectivity index (χ2v) is 8.39. The number of rotatable bonds is 2. The number of furan rings is 1. The smallest absolute Gasteiger partial charge is 0.287 e. The molecule has 3 rings (SSSR count). The highest BCUT2D eigenvalue weighted by molar-refractivity contribution is 5.91. The van der Waals surface area contributed by atoms with Crippen molar-refractivity contribution in [3.63, 3.8) is 0 Å². The van der Waals surface area contributed by atoms with Gasteiger partial charge in [-0.15, -0.1) is 0 Å². The average Bonchev–Trinajstić information content (AvgIpc) is 2.98. The Hall–Kier alpha value is -2.17. The lowest BCUT2D eigenvalue weighted by Gasteiger charge is -2.36. The van der Waals surface area contributed by atoms with Gasteiger partial charge in [0.15, 0.2) is 5.76 Å². The minimum Gasteiger partial charge on any atom is -0.459 e. The van der Waals surface area contributed by atoms with Crippen LogP contribution in [0.25, 0.3) is 0 Å². The van der Waals surface area contributed by atoms with Crippen LogP contribution in [-0.4, -0.2) is 15.9 Å². The van der Waals surface area contributed by atoms with Crippen LogP contribution < -0.4 is 5.32 Å². The fraction of sp³-hybridized carbons (Fsp3) is 0.526. The maximum atomic E-state index is 12.4. The van der Waals surface area contributed by atoms with E-state index in [0.29, 0.717) is 5.76 Å². The molecule has 0 radical (unpaired) electrons. The van der Waals surface area contributed by atoms with E-state index in [0.717, 1.165) is 29.9 Å². The van der Waals surface area contributed by atoms with Gasteiger partial charge in [0, 0.05) is 22.9 Å². The van der Waals surface area contributed by atoms with Crippen LogP contribution in [0.1, 0.15) is 74.7 Å². The molecule has 1 aliphatic carbocycles. The molecule has 1 aliphatic rings. The van der Waals surface area contributed by atoms with Crippen molar-refractivity contribution >= 4 is 5.91 Å². The number of hydrogen-bond donors (Lipinski definition) is 1. The van der Waals surface area contributed by atoms with Crippen molar-refractivity contribution < 1.29 is 9.21 Å². The van der Waals surface area contributed by atoms with E-state index in [2.05, 4.69) is 44.9 Å². The summed E-state index contributed by atoms with van der Waals surface area (Å²) < 4.78 is 5.20. The molecule has 24 heavy (non-hydrogen) atoms. The van der Waals surface area contributed by atoms with Gasteiger partial charge in [0.05, 0.1) is 12.3 Å². The molecular formula is C19H25N3O2. The van der Waals surface area contributed by atoms with Gasteiger partial charge < -0.3 is 9.73 Å². The monoisotopic (exact) mass is 327 g/mol. The summed E-state index contributed by atoms with van der Waals surface area (Å²) in [6.07, 6.45) is 5.13. The third kappa shape index (κ3) is 3.35. The molecule has 128 valence electrons. The predicted molar refractivity (Wildman–Crippen MR) is 91.7 cm³/mol. The zero-order chi connectivity index (χ0) is 17.5. The van der Waals surface area contributed by atoms with Crippen LogP contribution in [0.5, 0.6) is 0 Å². The molecule has 0 aliphatic heterocycles. The third-order valence-electron chi connectivity index (χ3n) is 4.40. The number of carbonyl (C=O) groups excluding carboxylic acids is 1. The van der Waals surface area contributed by atoms with E-state index < -0.39 is 0 Å². The summed E-state index contributed by atoms with van der Waals surface area (Å²) >= 11 is 0. The summed E-state index contributed by atoms with van der Waals surface area (Å²) in [7, 11) is 0. The first-order valence-electron chi connectivity index (χ1n) is 8.36. The molecule has 1 N–H and O–H groups in total. The molecule has 2 aromatic rings. The minimum atomic E-state index is -0.200. The minimum absolute atomic E-state index is 0.0671. The van der Waals surface area contributed by atoms with E-state index >= 15 is 0 Å². The number of fused-ring (bicyclic) bond motifs is 1. The van der Waals surface area contributed by atoms with Crippen LogP contribution in [0.3, 0.4) is 0 Å². The first kappa shape index (κ1) is 16.7. The zero-order valence-corrected chi connectivity index (χ0v) is 15.0. The number of amides is 1. The van der Waals surface area contributed by atoms with E-state index in [1.54, 1.807) is 12.1 Å². The normalized spacial score (nSPS) is 19.6. The Bertz CT molecular complexity index is 742. The second kappa shape index (κ2) is 5.72. The topological polar surface area (TPSA) is 68.0 Å². The lowest BCUT2D eigenvalue weighted by molar-refractivity contribution is 0.0890. The van der Waals surface area contributed by atoms with Crippen LogP contribution in [0.15, 0.2) is 29.0 Å². The van der Waals surface area contributed by atoms with E-state index in [4.69, 9.17) is 9.40 Å². The van der Waals surface area contributed by atoms with Gasteiger partial charge >= 0.3 is 0 Å². The Morgan fingerprint density at radius 1 is 1.38 bits per heavy atom. The number of hydrogen-bond acceptors (Lipinski definition) is 4. The molecule has 2 heterocycles. The van der Waals surface area contributed by atoms with E-state index in [-0.39, 0.29) is 22.8 Å². The summed E-state index contributed by atoms with van der Waals surface area (Å²) in [4.78, 5) is 21.7. The van der Waals surface area contributed by atoms with Crippen LogP contribution in [0.2, 0.25) is 0 Å². The molecular weight excluding hydrogens is 302 g/mol. The molecule has 0 bridgehead atoms. The standard InChI is InChI=1S/C19H25N3O2/c1-18(2,3)17-20-11-12-13(9-19(4,5)10-14(12)22-17)21-16(23)15-7-6-8-24-15/h6-8,11,13H,9-10H2,1-5H3,(H,21,23)/t13-/m0/s1. The summed E-state index contributed by atoms with van der Waals surface area (Å²) in [6, 6.07) is 3.28. The van der Waals surface area contributed by atoms with Gasteiger partial charge in [-0.2, -0.15) is 0 Å². The van der Waals surface area contributed by atoms with Crippen LogP contribution >= 0.6 is 0 Å². The fourth-order valence-corrected chi connectivity index (χ4v) is 3.17. The molecule has 0 aromatic carbocycles. The highest BCUT2D eigenvalue weighted by Crippen LogP contribution is 2.40. The summed E-state index contributed by atoms with van der Waals surface area (Å²) in [5.41, 5.74) is 2.03. The largest absolute Gasteiger partial charge is 0.459 e. The highest BCUT2D eigenvalue weighted by atomic mass is 16.3. The third-order valence-corrected chi connectivity index (χ3v) is 4.40. The first-order valence-corrected chi connectivity index (χ1v) is 8.36. The molecule has 0 unspecified atom stereocenters. The van der Waals surface area contributed by atoms with Gasteiger partial charge in [-0.1, -0.05) is 34.6 Å². The molecule has 2 aromatic heterocycles. The van der Waals surface area contributed by atoms with Crippen molar-refractivity contribution in [2.24, 2.45) is 5.41 Å². The van der Waals surface area contributed by atoms with Gasteiger partial charge in [0.2, 0.25) is 0 Å². The number of nitrogens with zero attached hydrogens (tertiary/aromatic N) is 2. The average molecular weight is 327 g/mol. The van der Waals surface area contributed by atoms with E-state index in [9.17, 15) is 4.79 Å². The maximum absolute atomic E-state index is 12.4. The Balaban J connectivity index is 1.93. The summed E-state index contributed by atoms with van der Waals surface area (Å²) in [5, 5.41) is 3.08. The maximum Gasteiger partial charge on any atom is 0.287 e. The van der Waals surface area contributed by atoms with Gasteiger partial charge in [-0.3, -0.25) is 4.79 Å².